The Hall–Kier alpha value is -3.44. The molecule has 3 rings (SSSR count). The fourth-order valence-electron chi connectivity index (χ4n) is 4.55. The monoisotopic (exact) mass is 588 g/mol. The number of rotatable bonds is 10. The van der Waals surface area contributed by atoms with Gasteiger partial charge in [0.05, 0.1) is 23.5 Å². The van der Waals surface area contributed by atoms with Gasteiger partial charge in [0.1, 0.15) is 18.2 Å². The Labute approximate surface area is 242 Å². The van der Waals surface area contributed by atoms with E-state index in [9.17, 15) is 22.8 Å². The first kappa shape index (κ1) is 32.1. The van der Waals surface area contributed by atoms with E-state index in [0.29, 0.717) is 0 Å². The number of carbonyl (C=O) groups is 3. The lowest BCUT2D eigenvalue weighted by Crippen LogP contribution is -2.66. The fourth-order valence-corrected chi connectivity index (χ4v) is 5.47. The number of ether oxygens (including phenoxy) is 2. The Morgan fingerprint density at radius 2 is 1.63 bits per heavy atom. The minimum atomic E-state index is -4.16. The average molecular weight is 589 g/mol. The van der Waals surface area contributed by atoms with Crippen LogP contribution in [0.5, 0.6) is 0 Å². The summed E-state index contributed by atoms with van der Waals surface area (Å²) < 4.78 is 42.1. The van der Waals surface area contributed by atoms with Crippen molar-refractivity contribution in [1.82, 2.24) is 9.80 Å². The molecule has 0 N–H and O–H groups in total. The molecule has 0 aromatic heterocycles. The molecule has 0 spiro atoms. The number of nitrogens with zero attached hydrogens (tertiary/aromatic N) is 2. The van der Waals surface area contributed by atoms with E-state index in [2.05, 4.69) is 0 Å². The van der Waals surface area contributed by atoms with E-state index >= 15 is 0 Å². The normalized spacial score (nSPS) is 17.9. The third kappa shape index (κ3) is 8.29. The lowest BCUT2D eigenvalue weighted by atomic mass is 9.87. The molecular formula is C30H40N2O8S. The van der Waals surface area contributed by atoms with Crippen LogP contribution in [0.15, 0.2) is 59.5 Å². The van der Waals surface area contributed by atoms with Gasteiger partial charge >= 0.3 is 12.1 Å². The van der Waals surface area contributed by atoms with Crippen LogP contribution in [-0.2, 0) is 40.0 Å². The average Bonchev–Trinajstić information content (AvgIpc) is 2.86. The zero-order chi connectivity index (χ0) is 30.5. The second kappa shape index (κ2) is 13.0. The SMILES string of the molecule is Cc1ccc(S(=O)(=O)OC[C@@H]2[C@@H](C(=O)N(C)[C@H](C(=O)OCc3ccccc3)C(C)C)CN2C(=O)OC(C)(C)C)cc1. The summed E-state index contributed by atoms with van der Waals surface area (Å²) in [6.07, 6.45) is -0.687. The van der Waals surface area contributed by atoms with E-state index in [1.54, 1.807) is 46.8 Å². The Balaban J connectivity index is 1.77. The topological polar surface area (TPSA) is 120 Å². The zero-order valence-corrected chi connectivity index (χ0v) is 25.5. The molecule has 0 aliphatic carbocycles. The van der Waals surface area contributed by atoms with Crippen molar-refractivity contribution in [2.75, 3.05) is 20.2 Å². The Bertz CT molecular complexity index is 1320. The number of hydrogen-bond acceptors (Lipinski definition) is 8. The van der Waals surface area contributed by atoms with Gasteiger partial charge in [0, 0.05) is 13.6 Å². The fraction of sp³-hybridized carbons (Fsp3) is 0.500. The molecule has 0 saturated carbocycles. The molecular weight excluding hydrogens is 548 g/mol. The minimum absolute atomic E-state index is 0.0133. The number of esters is 1. The Kier molecular flexibility index (Phi) is 10.2. The molecule has 1 fully saturated rings. The van der Waals surface area contributed by atoms with E-state index in [1.807, 2.05) is 37.3 Å². The van der Waals surface area contributed by atoms with E-state index in [1.165, 1.54) is 29.0 Å². The van der Waals surface area contributed by atoms with E-state index < -0.39 is 58.3 Å². The standard InChI is InChI=1S/C30H40N2O8S/c1-20(2)26(28(34)38-18-22-11-9-8-10-12-22)31(7)27(33)24-17-32(29(35)40-30(4,5)6)25(24)19-39-41(36,37)23-15-13-21(3)14-16-23/h8-16,20,24-26H,17-19H2,1-7H3/t24-,25+,26-/m0/s1. The van der Waals surface area contributed by atoms with Crippen molar-refractivity contribution >= 4 is 28.1 Å². The van der Waals surface area contributed by atoms with Gasteiger partial charge in [0.25, 0.3) is 10.1 Å². The maximum atomic E-state index is 13.7. The van der Waals surface area contributed by atoms with Crippen LogP contribution in [0.4, 0.5) is 4.79 Å². The highest BCUT2D eigenvalue weighted by atomic mass is 32.2. The smallest absolute Gasteiger partial charge is 0.410 e. The Morgan fingerprint density at radius 3 is 2.20 bits per heavy atom. The lowest BCUT2D eigenvalue weighted by molar-refractivity contribution is -0.162. The van der Waals surface area contributed by atoms with Crippen LogP contribution >= 0.6 is 0 Å². The molecule has 0 unspecified atom stereocenters. The molecule has 2 amide bonds. The van der Waals surface area contributed by atoms with Crippen molar-refractivity contribution in [1.29, 1.82) is 0 Å². The summed E-state index contributed by atoms with van der Waals surface area (Å²) in [4.78, 5) is 42.2. The summed E-state index contributed by atoms with van der Waals surface area (Å²) in [6.45, 7) is 10.2. The van der Waals surface area contributed by atoms with Crippen LogP contribution in [0.2, 0.25) is 0 Å². The molecule has 1 saturated heterocycles. The number of likely N-dealkylation sites (N-methyl/N-ethyl adjacent to an activating group) is 1. The highest BCUT2D eigenvalue weighted by Gasteiger charge is 2.50. The van der Waals surface area contributed by atoms with Gasteiger partial charge in [-0.25, -0.2) is 9.59 Å². The molecule has 1 heterocycles. The molecule has 0 bridgehead atoms. The number of benzene rings is 2. The molecule has 224 valence electrons. The van der Waals surface area contributed by atoms with Crippen LogP contribution < -0.4 is 0 Å². The maximum absolute atomic E-state index is 13.7. The quantitative estimate of drug-likeness (QED) is 0.300. The van der Waals surface area contributed by atoms with Gasteiger partial charge in [-0.05, 0) is 51.3 Å². The second-order valence-corrected chi connectivity index (χ2v) is 13.2. The van der Waals surface area contributed by atoms with Gasteiger partial charge < -0.3 is 19.3 Å². The minimum Gasteiger partial charge on any atom is -0.459 e. The molecule has 0 radical (unpaired) electrons. The van der Waals surface area contributed by atoms with Crippen LogP contribution in [0.3, 0.4) is 0 Å². The van der Waals surface area contributed by atoms with Crippen molar-refractivity contribution < 1.29 is 36.5 Å². The molecule has 41 heavy (non-hydrogen) atoms. The van der Waals surface area contributed by atoms with Crippen molar-refractivity contribution in [3.63, 3.8) is 0 Å². The molecule has 3 atom stereocenters. The summed E-state index contributed by atoms with van der Waals surface area (Å²) in [5, 5.41) is 0. The highest BCUT2D eigenvalue weighted by molar-refractivity contribution is 7.86. The molecule has 1 aliphatic heterocycles. The van der Waals surface area contributed by atoms with E-state index in [0.717, 1.165) is 11.1 Å². The van der Waals surface area contributed by atoms with Crippen LogP contribution in [0.1, 0.15) is 45.7 Å². The largest absolute Gasteiger partial charge is 0.459 e. The van der Waals surface area contributed by atoms with E-state index in [-0.39, 0.29) is 24.0 Å². The maximum Gasteiger partial charge on any atom is 0.410 e. The first-order chi connectivity index (χ1) is 19.1. The van der Waals surface area contributed by atoms with E-state index in [4.69, 9.17) is 13.7 Å². The van der Waals surface area contributed by atoms with Crippen molar-refractivity contribution in [2.24, 2.45) is 11.8 Å². The Morgan fingerprint density at radius 1 is 1.02 bits per heavy atom. The number of aryl methyl sites for hydroxylation is 1. The predicted molar refractivity (Wildman–Crippen MR) is 152 cm³/mol. The first-order valence-electron chi connectivity index (χ1n) is 13.5. The van der Waals surface area contributed by atoms with Crippen molar-refractivity contribution in [3.05, 3.63) is 65.7 Å². The molecule has 1 aliphatic rings. The van der Waals surface area contributed by atoms with Gasteiger partial charge in [0.15, 0.2) is 0 Å². The van der Waals surface area contributed by atoms with Gasteiger partial charge in [-0.3, -0.25) is 8.98 Å². The van der Waals surface area contributed by atoms with Gasteiger partial charge in [-0.1, -0.05) is 61.9 Å². The van der Waals surface area contributed by atoms with Crippen molar-refractivity contribution in [3.8, 4) is 0 Å². The molecule has 2 aromatic rings. The highest BCUT2D eigenvalue weighted by Crippen LogP contribution is 2.31. The third-order valence-electron chi connectivity index (χ3n) is 6.77. The third-order valence-corrected chi connectivity index (χ3v) is 8.06. The molecule has 10 nitrogen and oxygen atoms in total. The van der Waals surface area contributed by atoms with Gasteiger partial charge in [0.2, 0.25) is 5.91 Å². The summed E-state index contributed by atoms with van der Waals surface area (Å²) in [5.74, 6) is -2.07. The van der Waals surface area contributed by atoms with Crippen LogP contribution in [-0.4, -0.2) is 74.1 Å². The predicted octanol–water partition coefficient (Wildman–Crippen LogP) is 4.16. The van der Waals surface area contributed by atoms with Crippen LogP contribution in [0.25, 0.3) is 0 Å². The number of hydrogen-bond donors (Lipinski definition) is 0. The number of likely N-dealkylation sites (tertiary alicyclic amines) is 1. The lowest BCUT2D eigenvalue weighted by Gasteiger charge is -2.48. The summed E-state index contributed by atoms with van der Waals surface area (Å²) >= 11 is 0. The summed E-state index contributed by atoms with van der Waals surface area (Å²) in [5.41, 5.74) is 0.902. The summed E-state index contributed by atoms with van der Waals surface area (Å²) in [7, 11) is -2.65. The number of amides is 2. The first-order valence-corrected chi connectivity index (χ1v) is 14.9. The van der Waals surface area contributed by atoms with Gasteiger partial charge in [-0.15, -0.1) is 0 Å². The zero-order valence-electron chi connectivity index (χ0n) is 24.7. The summed E-state index contributed by atoms with van der Waals surface area (Å²) in [6, 6.07) is 13.6. The van der Waals surface area contributed by atoms with Gasteiger partial charge in [-0.2, -0.15) is 8.42 Å². The second-order valence-electron chi connectivity index (χ2n) is 11.6. The van der Waals surface area contributed by atoms with Crippen LogP contribution in [0, 0.1) is 18.8 Å². The molecule has 11 heteroatoms. The number of carbonyl (C=O) groups excluding carboxylic acids is 3. The molecule has 2 aromatic carbocycles. The van der Waals surface area contributed by atoms with Crippen molar-refractivity contribution in [2.45, 2.75) is 70.7 Å².